The van der Waals surface area contributed by atoms with Gasteiger partial charge in [0.05, 0.1) is 10.7 Å². The van der Waals surface area contributed by atoms with E-state index in [0.717, 1.165) is 24.1 Å². The maximum atomic E-state index is 7.36. The summed E-state index contributed by atoms with van der Waals surface area (Å²) in [5.74, 6) is 1.69. The highest BCUT2D eigenvalue weighted by molar-refractivity contribution is 6.33. The Kier molecular flexibility index (Phi) is 3.29. The predicted molar refractivity (Wildman–Crippen MR) is 73.0 cm³/mol. The van der Waals surface area contributed by atoms with Crippen molar-refractivity contribution in [3.8, 4) is 0 Å². The van der Waals surface area contributed by atoms with Crippen LogP contribution in [0, 0.1) is 17.2 Å². The second-order valence-electron chi connectivity index (χ2n) is 4.93. The third kappa shape index (κ3) is 2.72. The predicted octanol–water partition coefficient (Wildman–Crippen LogP) is 2.72. The molecule has 1 aromatic carbocycles. The van der Waals surface area contributed by atoms with Gasteiger partial charge >= 0.3 is 0 Å². The molecule has 2 rings (SSSR count). The standard InChI is InChI=1S/C13H18ClN3/c1-8-5-10(8)7-17(2)12-4-3-9(13(15)16)6-11(12)14/h3-4,6,8,10H,5,7H2,1-2H3,(H3,15,16). The molecule has 2 atom stereocenters. The van der Waals surface area contributed by atoms with Gasteiger partial charge < -0.3 is 10.6 Å². The van der Waals surface area contributed by atoms with Crippen LogP contribution in [0.1, 0.15) is 18.9 Å². The average Bonchev–Trinajstić information content (AvgIpc) is 2.93. The zero-order valence-corrected chi connectivity index (χ0v) is 11.0. The SMILES string of the molecule is CC1CC1CN(C)c1ccc(C(=N)N)cc1Cl. The summed E-state index contributed by atoms with van der Waals surface area (Å²) < 4.78 is 0. The lowest BCUT2D eigenvalue weighted by Crippen LogP contribution is -2.21. The number of anilines is 1. The lowest BCUT2D eigenvalue weighted by Gasteiger charge is -2.21. The quantitative estimate of drug-likeness (QED) is 0.639. The van der Waals surface area contributed by atoms with Gasteiger partial charge in [-0.25, -0.2) is 0 Å². The molecule has 3 nitrogen and oxygen atoms in total. The van der Waals surface area contributed by atoms with Gasteiger partial charge in [-0.2, -0.15) is 0 Å². The third-order valence-electron chi connectivity index (χ3n) is 3.45. The van der Waals surface area contributed by atoms with Gasteiger partial charge in [0, 0.05) is 19.2 Å². The van der Waals surface area contributed by atoms with Gasteiger partial charge in [-0.05, 0) is 36.5 Å². The number of hydrogen-bond donors (Lipinski definition) is 2. The fourth-order valence-corrected chi connectivity index (χ4v) is 2.41. The molecular weight excluding hydrogens is 234 g/mol. The topological polar surface area (TPSA) is 53.1 Å². The van der Waals surface area contributed by atoms with Crippen LogP contribution in [-0.2, 0) is 0 Å². The molecule has 1 aliphatic rings. The van der Waals surface area contributed by atoms with Crippen molar-refractivity contribution in [1.82, 2.24) is 0 Å². The molecule has 0 amide bonds. The van der Waals surface area contributed by atoms with Gasteiger partial charge in [-0.1, -0.05) is 18.5 Å². The lowest BCUT2D eigenvalue weighted by atomic mass is 10.1. The molecular formula is C13H18ClN3. The smallest absolute Gasteiger partial charge is 0.122 e. The van der Waals surface area contributed by atoms with Crippen LogP contribution in [0.2, 0.25) is 5.02 Å². The van der Waals surface area contributed by atoms with E-state index in [1.54, 1.807) is 6.07 Å². The first-order chi connectivity index (χ1) is 7.99. The lowest BCUT2D eigenvalue weighted by molar-refractivity contribution is 0.725. The Morgan fingerprint density at radius 3 is 2.71 bits per heavy atom. The molecule has 1 saturated carbocycles. The molecule has 17 heavy (non-hydrogen) atoms. The Morgan fingerprint density at radius 1 is 1.59 bits per heavy atom. The van der Waals surface area contributed by atoms with Crippen molar-refractivity contribution >= 4 is 23.1 Å². The molecule has 0 saturated heterocycles. The van der Waals surface area contributed by atoms with Crippen molar-refractivity contribution in [3.63, 3.8) is 0 Å². The molecule has 0 heterocycles. The third-order valence-corrected chi connectivity index (χ3v) is 3.76. The molecule has 92 valence electrons. The largest absolute Gasteiger partial charge is 0.384 e. The van der Waals surface area contributed by atoms with E-state index >= 15 is 0 Å². The number of nitrogens with one attached hydrogen (secondary N) is 1. The maximum absolute atomic E-state index is 7.36. The summed E-state index contributed by atoms with van der Waals surface area (Å²) in [6, 6.07) is 5.54. The van der Waals surface area contributed by atoms with Crippen LogP contribution in [0.3, 0.4) is 0 Å². The highest BCUT2D eigenvalue weighted by atomic mass is 35.5. The summed E-state index contributed by atoms with van der Waals surface area (Å²) in [6.07, 6.45) is 1.31. The number of nitrogens with zero attached hydrogens (tertiary/aromatic N) is 1. The fraction of sp³-hybridized carbons (Fsp3) is 0.462. The summed E-state index contributed by atoms with van der Waals surface area (Å²) in [5.41, 5.74) is 7.11. The van der Waals surface area contributed by atoms with E-state index in [9.17, 15) is 0 Å². The Morgan fingerprint density at radius 2 is 2.24 bits per heavy atom. The summed E-state index contributed by atoms with van der Waals surface area (Å²) in [7, 11) is 2.06. The summed E-state index contributed by atoms with van der Waals surface area (Å²) in [5, 5.41) is 8.03. The number of hydrogen-bond acceptors (Lipinski definition) is 2. The second kappa shape index (κ2) is 4.57. The molecule has 4 heteroatoms. The minimum absolute atomic E-state index is 0.0527. The van der Waals surface area contributed by atoms with Crippen molar-refractivity contribution in [2.24, 2.45) is 17.6 Å². The summed E-state index contributed by atoms with van der Waals surface area (Å²) in [4.78, 5) is 2.18. The van der Waals surface area contributed by atoms with Crippen LogP contribution in [0.5, 0.6) is 0 Å². The number of rotatable bonds is 4. The molecule has 1 aromatic rings. The van der Waals surface area contributed by atoms with E-state index in [0.29, 0.717) is 10.6 Å². The van der Waals surface area contributed by atoms with Crippen molar-refractivity contribution in [2.75, 3.05) is 18.5 Å². The zero-order valence-electron chi connectivity index (χ0n) is 10.2. The molecule has 3 N–H and O–H groups in total. The van der Waals surface area contributed by atoms with Crippen LogP contribution in [0.4, 0.5) is 5.69 Å². The van der Waals surface area contributed by atoms with E-state index in [1.165, 1.54) is 6.42 Å². The molecule has 1 fully saturated rings. The molecule has 0 bridgehead atoms. The molecule has 0 aliphatic heterocycles. The van der Waals surface area contributed by atoms with Gasteiger partial charge in [0.15, 0.2) is 0 Å². The first-order valence-corrected chi connectivity index (χ1v) is 6.22. The van der Waals surface area contributed by atoms with E-state index in [2.05, 4.69) is 18.9 Å². The van der Waals surface area contributed by atoms with Crippen LogP contribution in [-0.4, -0.2) is 19.4 Å². The van der Waals surface area contributed by atoms with Crippen molar-refractivity contribution in [1.29, 1.82) is 5.41 Å². The van der Waals surface area contributed by atoms with Crippen LogP contribution in [0.25, 0.3) is 0 Å². The van der Waals surface area contributed by atoms with Crippen LogP contribution < -0.4 is 10.6 Å². The summed E-state index contributed by atoms with van der Waals surface area (Å²) in [6.45, 7) is 3.32. The van der Waals surface area contributed by atoms with Crippen molar-refractivity contribution < 1.29 is 0 Å². The first-order valence-electron chi connectivity index (χ1n) is 5.84. The van der Waals surface area contributed by atoms with Gasteiger partial charge in [0.2, 0.25) is 0 Å². The number of nitrogen functional groups attached to an aromatic ring is 1. The molecule has 1 aliphatic carbocycles. The Bertz CT molecular complexity index is 444. The molecule has 0 aromatic heterocycles. The monoisotopic (exact) mass is 251 g/mol. The van der Waals surface area contributed by atoms with Gasteiger partial charge in [-0.3, -0.25) is 5.41 Å². The van der Waals surface area contributed by atoms with E-state index in [-0.39, 0.29) is 5.84 Å². The van der Waals surface area contributed by atoms with Crippen molar-refractivity contribution in [2.45, 2.75) is 13.3 Å². The number of halogens is 1. The number of amidine groups is 1. The molecule has 0 radical (unpaired) electrons. The van der Waals surface area contributed by atoms with Gasteiger partial charge in [0.1, 0.15) is 5.84 Å². The molecule has 2 unspecified atom stereocenters. The normalized spacial score (nSPS) is 22.3. The van der Waals surface area contributed by atoms with E-state index in [4.69, 9.17) is 22.7 Å². The van der Waals surface area contributed by atoms with E-state index < -0.39 is 0 Å². The zero-order chi connectivity index (χ0) is 12.6. The first kappa shape index (κ1) is 12.2. The van der Waals surface area contributed by atoms with Crippen LogP contribution >= 0.6 is 11.6 Å². The van der Waals surface area contributed by atoms with Crippen LogP contribution in [0.15, 0.2) is 18.2 Å². The Hall–Kier alpha value is -1.22. The Balaban J connectivity index is 2.12. The summed E-state index contributed by atoms with van der Waals surface area (Å²) >= 11 is 6.21. The van der Waals surface area contributed by atoms with Crippen molar-refractivity contribution in [3.05, 3.63) is 28.8 Å². The highest BCUT2D eigenvalue weighted by Gasteiger charge is 2.33. The fourth-order valence-electron chi connectivity index (χ4n) is 2.09. The minimum atomic E-state index is 0.0527. The Labute approximate surface area is 107 Å². The molecule has 0 spiro atoms. The van der Waals surface area contributed by atoms with E-state index in [1.807, 2.05) is 12.1 Å². The minimum Gasteiger partial charge on any atom is -0.384 e. The number of benzene rings is 1. The maximum Gasteiger partial charge on any atom is 0.122 e. The number of nitrogens with two attached hydrogens (primary N) is 1. The second-order valence-corrected chi connectivity index (χ2v) is 5.34. The van der Waals surface area contributed by atoms with Gasteiger partial charge in [0.25, 0.3) is 0 Å². The highest BCUT2D eigenvalue weighted by Crippen LogP contribution is 2.39. The average molecular weight is 252 g/mol. The van der Waals surface area contributed by atoms with Gasteiger partial charge in [-0.15, -0.1) is 0 Å².